The number of nitrogens with zero attached hydrogens (tertiary/aromatic N) is 3. The lowest BCUT2D eigenvalue weighted by atomic mass is 10.2. The molecule has 0 atom stereocenters. The van der Waals surface area contributed by atoms with Gasteiger partial charge in [0.05, 0.1) is 24.6 Å². The number of amides is 4. The maximum atomic E-state index is 13.8. The molecule has 2 aromatic carbocycles. The zero-order valence-corrected chi connectivity index (χ0v) is 26.2. The molecule has 0 saturated carbocycles. The Morgan fingerprint density at radius 2 is 1.71 bits per heavy atom. The lowest BCUT2D eigenvalue weighted by molar-refractivity contribution is 0.0365. The monoisotopic (exact) mass is 620 g/mol. The summed E-state index contributed by atoms with van der Waals surface area (Å²) in [5, 5.41) is 8.31. The molecule has 1 aliphatic rings. The first kappa shape index (κ1) is 33.3. The number of halogens is 1. The molecule has 1 aromatic heterocycles. The summed E-state index contributed by atoms with van der Waals surface area (Å²) in [5.41, 5.74) is 1.93. The van der Waals surface area contributed by atoms with E-state index < -0.39 is 17.6 Å². The molecular formula is C33H41FN6O5. The lowest BCUT2D eigenvalue weighted by Crippen LogP contribution is -2.40. The van der Waals surface area contributed by atoms with Gasteiger partial charge in [-0.05, 0) is 81.6 Å². The summed E-state index contributed by atoms with van der Waals surface area (Å²) in [6.07, 6.45) is 1.67. The average Bonchev–Trinajstić information content (AvgIpc) is 2.99. The van der Waals surface area contributed by atoms with Crippen LogP contribution >= 0.6 is 0 Å². The van der Waals surface area contributed by atoms with E-state index in [2.05, 4.69) is 25.8 Å². The van der Waals surface area contributed by atoms with E-state index in [0.29, 0.717) is 42.4 Å². The van der Waals surface area contributed by atoms with Gasteiger partial charge in [0.15, 0.2) is 0 Å². The van der Waals surface area contributed by atoms with Gasteiger partial charge in [0.25, 0.3) is 5.91 Å². The molecule has 240 valence electrons. The Labute approximate surface area is 263 Å². The molecule has 0 unspecified atom stereocenters. The van der Waals surface area contributed by atoms with Crippen LogP contribution in [0.1, 0.15) is 48.8 Å². The summed E-state index contributed by atoms with van der Waals surface area (Å²) in [5.74, 6) is -0.805. The number of urea groups is 1. The number of pyridine rings is 1. The molecule has 1 saturated heterocycles. The minimum absolute atomic E-state index is 0.163. The lowest BCUT2D eigenvalue weighted by Gasteiger charge is -2.28. The molecule has 45 heavy (non-hydrogen) atoms. The first-order valence-electron chi connectivity index (χ1n) is 14.9. The van der Waals surface area contributed by atoms with Crippen LogP contribution in [-0.2, 0) is 16.0 Å². The van der Waals surface area contributed by atoms with E-state index in [1.165, 1.54) is 12.1 Å². The molecule has 12 heteroatoms. The summed E-state index contributed by atoms with van der Waals surface area (Å²) in [7, 11) is 0. The Bertz CT molecular complexity index is 1470. The van der Waals surface area contributed by atoms with E-state index in [1.807, 2.05) is 0 Å². The molecule has 3 N–H and O–H groups in total. The Morgan fingerprint density at radius 1 is 1.00 bits per heavy atom. The van der Waals surface area contributed by atoms with Gasteiger partial charge >= 0.3 is 12.1 Å². The van der Waals surface area contributed by atoms with Gasteiger partial charge in [-0.15, -0.1) is 0 Å². The van der Waals surface area contributed by atoms with Crippen LogP contribution < -0.4 is 16.0 Å². The predicted molar refractivity (Wildman–Crippen MR) is 171 cm³/mol. The number of aromatic nitrogens is 1. The van der Waals surface area contributed by atoms with Gasteiger partial charge in [0.2, 0.25) is 0 Å². The minimum Gasteiger partial charge on any atom is -0.444 e. The number of aryl methyl sites for hydroxylation is 1. The largest absolute Gasteiger partial charge is 0.444 e. The number of morpholine rings is 1. The molecule has 2 heterocycles. The molecular weight excluding hydrogens is 579 g/mol. The summed E-state index contributed by atoms with van der Waals surface area (Å²) in [6.45, 7) is 11.6. The van der Waals surface area contributed by atoms with Crippen molar-refractivity contribution in [3.8, 4) is 0 Å². The Hall–Kier alpha value is -4.55. The van der Waals surface area contributed by atoms with E-state index in [0.717, 1.165) is 31.6 Å². The Balaban J connectivity index is 1.41. The molecule has 0 aliphatic carbocycles. The number of hydrogen-bond donors (Lipinski definition) is 3. The van der Waals surface area contributed by atoms with Crippen LogP contribution in [0.5, 0.6) is 0 Å². The number of ether oxygens (including phenoxy) is 2. The van der Waals surface area contributed by atoms with Gasteiger partial charge in [-0.2, -0.15) is 0 Å². The third-order valence-corrected chi connectivity index (χ3v) is 6.94. The van der Waals surface area contributed by atoms with Crippen molar-refractivity contribution in [3.05, 3.63) is 83.4 Å². The molecule has 11 nitrogen and oxygen atoms in total. The van der Waals surface area contributed by atoms with Gasteiger partial charge in [-0.25, -0.2) is 14.0 Å². The summed E-state index contributed by atoms with van der Waals surface area (Å²) >= 11 is 0. The van der Waals surface area contributed by atoms with Crippen LogP contribution in [0.25, 0.3) is 0 Å². The van der Waals surface area contributed by atoms with Crippen molar-refractivity contribution in [2.75, 3.05) is 55.3 Å². The molecule has 0 radical (unpaired) electrons. The zero-order chi connectivity index (χ0) is 32.4. The maximum Gasteiger partial charge on any atom is 0.412 e. The minimum atomic E-state index is -0.674. The van der Waals surface area contributed by atoms with Crippen LogP contribution in [0.4, 0.5) is 31.0 Å². The molecule has 4 rings (SSSR count). The number of para-hydroxylation sites is 2. The standard InChI is InChI=1S/C33H41FN6O5/c1-23-20-25(11-12-26(23)34)36-31(42)40(15-7-14-39-16-18-44-19-17-39)22-24-10-13-29(35-21-24)30(41)37-27-8-5-6-9-28(27)38-32(43)45-33(2,3)4/h5-6,8-13,20-21H,7,14-19,22H2,1-4H3,(H,36,42)(H,37,41)(H,38,43). The highest BCUT2D eigenvalue weighted by molar-refractivity contribution is 6.05. The quantitative estimate of drug-likeness (QED) is 0.258. The molecule has 0 bridgehead atoms. The van der Waals surface area contributed by atoms with Gasteiger partial charge < -0.3 is 25.0 Å². The van der Waals surface area contributed by atoms with Gasteiger partial charge in [0, 0.05) is 44.6 Å². The topological polar surface area (TPSA) is 125 Å². The first-order valence-corrected chi connectivity index (χ1v) is 14.9. The highest BCUT2D eigenvalue weighted by Crippen LogP contribution is 2.23. The van der Waals surface area contributed by atoms with E-state index in [1.54, 1.807) is 81.3 Å². The number of rotatable bonds is 10. The number of benzene rings is 2. The Morgan fingerprint density at radius 3 is 2.36 bits per heavy atom. The normalized spacial score (nSPS) is 13.5. The van der Waals surface area contributed by atoms with Crippen LogP contribution in [0.15, 0.2) is 60.8 Å². The van der Waals surface area contributed by atoms with Crippen molar-refractivity contribution in [3.63, 3.8) is 0 Å². The average molecular weight is 621 g/mol. The summed E-state index contributed by atoms with van der Waals surface area (Å²) in [4.78, 5) is 47.0. The third kappa shape index (κ3) is 10.5. The predicted octanol–water partition coefficient (Wildman–Crippen LogP) is 5.88. The third-order valence-electron chi connectivity index (χ3n) is 6.94. The van der Waals surface area contributed by atoms with Crippen molar-refractivity contribution in [2.45, 2.75) is 46.3 Å². The second kappa shape index (κ2) is 15.4. The molecule has 1 fully saturated rings. The SMILES string of the molecule is Cc1cc(NC(=O)N(CCCN2CCOCC2)Cc2ccc(C(=O)Nc3ccccc3NC(=O)OC(C)(C)C)nc2)ccc1F. The van der Waals surface area contributed by atoms with Gasteiger partial charge in [-0.1, -0.05) is 18.2 Å². The number of hydrogen-bond acceptors (Lipinski definition) is 7. The molecule has 1 aliphatic heterocycles. The fourth-order valence-corrected chi connectivity index (χ4v) is 4.66. The van der Waals surface area contributed by atoms with Crippen molar-refractivity contribution in [1.82, 2.24) is 14.8 Å². The number of anilines is 3. The fraction of sp³-hybridized carbons (Fsp3) is 0.394. The number of carbonyl (C=O) groups excluding carboxylic acids is 3. The number of nitrogens with one attached hydrogen (secondary N) is 3. The smallest absolute Gasteiger partial charge is 0.412 e. The van der Waals surface area contributed by atoms with Gasteiger partial charge in [0.1, 0.15) is 17.1 Å². The van der Waals surface area contributed by atoms with Crippen molar-refractivity contribution < 1.29 is 28.2 Å². The molecule has 0 spiro atoms. The highest BCUT2D eigenvalue weighted by Gasteiger charge is 2.20. The fourth-order valence-electron chi connectivity index (χ4n) is 4.66. The first-order chi connectivity index (χ1) is 21.5. The molecule has 4 amide bonds. The van der Waals surface area contributed by atoms with E-state index in [4.69, 9.17) is 9.47 Å². The summed E-state index contributed by atoms with van der Waals surface area (Å²) < 4.78 is 24.5. The van der Waals surface area contributed by atoms with Crippen molar-refractivity contribution in [2.24, 2.45) is 0 Å². The second-order valence-electron chi connectivity index (χ2n) is 11.8. The zero-order valence-electron chi connectivity index (χ0n) is 26.2. The molecule has 3 aromatic rings. The van der Waals surface area contributed by atoms with Gasteiger partial charge in [-0.3, -0.25) is 20.0 Å². The second-order valence-corrected chi connectivity index (χ2v) is 11.8. The van der Waals surface area contributed by atoms with Crippen LogP contribution in [0.3, 0.4) is 0 Å². The van der Waals surface area contributed by atoms with E-state index in [-0.39, 0.29) is 24.1 Å². The highest BCUT2D eigenvalue weighted by atomic mass is 19.1. The van der Waals surface area contributed by atoms with E-state index >= 15 is 0 Å². The maximum absolute atomic E-state index is 13.8. The number of carbonyl (C=O) groups is 3. The van der Waals surface area contributed by atoms with Crippen LogP contribution in [-0.4, -0.2) is 77.8 Å². The Kier molecular flexibility index (Phi) is 11.4. The summed E-state index contributed by atoms with van der Waals surface area (Å²) in [6, 6.07) is 14.2. The van der Waals surface area contributed by atoms with Crippen molar-refractivity contribution in [1.29, 1.82) is 0 Å². The van der Waals surface area contributed by atoms with Crippen molar-refractivity contribution >= 4 is 35.1 Å². The van der Waals surface area contributed by atoms with Crippen LogP contribution in [0, 0.1) is 12.7 Å². The van der Waals surface area contributed by atoms with Crippen LogP contribution in [0.2, 0.25) is 0 Å². The van der Waals surface area contributed by atoms with E-state index in [9.17, 15) is 18.8 Å².